The van der Waals surface area contributed by atoms with Gasteiger partial charge in [-0.25, -0.2) is 4.98 Å². The summed E-state index contributed by atoms with van der Waals surface area (Å²) in [7, 11) is 0. The average Bonchev–Trinajstić information content (AvgIpc) is 2.94. The second kappa shape index (κ2) is 6.81. The Morgan fingerprint density at radius 2 is 2.20 bits per heavy atom. The molecule has 0 radical (unpaired) electrons. The van der Waals surface area contributed by atoms with Gasteiger partial charge in [0.2, 0.25) is 5.82 Å². The Morgan fingerprint density at radius 1 is 1.35 bits per heavy atom. The van der Waals surface area contributed by atoms with Crippen LogP contribution >= 0.6 is 0 Å². The topological polar surface area (TPSA) is 82.7 Å². The number of anilines is 1. The number of nitrogens with zero attached hydrogens (tertiary/aromatic N) is 2. The number of aromatic nitrogens is 3. The highest BCUT2D eigenvalue weighted by atomic mass is 16.2. The first kappa shape index (κ1) is 14.2. The SMILES string of the molecule is CCNCc1cccc(NC(=O)c2n[nH]c(CC)n2)c1. The highest BCUT2D eigenvalue weighted by Crippen LogP contribution is 2.11. The van der Waals surface area contributed by atoms with Crippen LogP contribution in [0.15, 0.2) is 24.3 Å². The maximum Gasteiger partial charge on any atom is 0.295 e. The Morgan fingerprint density at radius 3 is 2.90 bits per heavy atom. The second-order valence-electron chi connectivity index (χ2n) is 4.39. The predicted octanol–water partition coefficient (Wildman–Crippen LogP) is 1.73. The third-order valence-electron chi connectivity index (χ3n) is 2.83. The monoisotopic (exact) mass is 273 g/mol. The molecule has 1 aromatic carbocycles. The van der Waals surface area contributed by atoms with E-state index in [0.717, 1.165) is 30.8 Å². The second-order valence-corrected chi connectivity index (χ2v) is 4.39. The van der Waals surface area contributed by atoms with Crippen molar-refractivity contribution in [3.8, 4) is 0 Å². The zero-order valence-electron chi connectivity index (χ0n) is 11.7. The van der Waals surface area contributed by atoms with E-state index in [-0.39, 0.29) is 11.7 Å². The summed E-state index contributed by atoms with van der Waals surface area (Å²) in [6, 6.07) is 7.71. The molecular formula is C14H19N5O. The molecular weight excluding hydrogens is 254 g/mol. The summed E-state index contributed by atoms with van der Waals surface area (Å²) in [6.07, 6.45) is 0.721. The lowest BCUT2D eigenvalue weighted by Crippen LogP contribution is -2.15. The standard InChI is InChI=1S/C14H19N5O/c1-3-12-17-13(19-18-12)14(20)16-11-7-5-6-10(8-11)9-15-4-2/h5-8,15H,3-4,9H2,1-2H3,(H,16,20)(H,17,18,19). The molecule has 0 aliphatic heterocycles. The Labute approximate surface area is 118 Å². The van der Waals surface area contributed by atoms with E-state index in [9.17, 15) is 4.79 Å². The van der Waals surface area contributed by atoms with Gasteiger partial charge in [-0.3, -0.25) is 9.89 Å². The molecule has 0 saturated carbocycles. The van der Waals surface area contributed by atoms with Crippen molar-refractivity contribution in [3.63, 3.8) is 0 Å². The van der Waals surface area contributed by atoms with Crippen LogP contribution < -0.4 is 10.6 Å². The first-order valence-electron chi connectivity index (χ1n) is 6.75. The molecule has 3 N–H and O–H groups in total. The van der Waals surface area contributed by atoms with Crippen molar-refractivity contribution < 1.29 is 4.79 Å². The smallest absolute Gasteiger partial charge is 0.295 e. The number of rotatable bonds is 6. The van der Waals surface area contributed by atoms with Crippen molar-refractivity contribution in [1.82, 2.24) is 20.5 Å². The van der Waals surface area contributed by atoms with Crippen molar-refractivity contribution in [3.05, 3.63) is 41.5 Å². The molecule has 0 aliphatic carbocycles. The quantitative estimate of drug-likeness (QED) is 0.748. The van der Waals surface area contributed by atoms with Gasteiger partial charge < -0.3 is 10.6 Å². The van der Waals surface area contributed by atoms with Crippen LogP contribution in [0.3, 0.4) is 0 Å². The van der Waals surface area contributed by atoms with Gasteiger partial charge in [-0.05, 0) is 24.2 Å². The maximum absolute atomic E-state index is 12.0. The fourth-order valence-corrected chi connectivity index (χ4v) is 1.77. The molecule has 2 rings (SSSR count). The van der Waals surface area contributed by atoms with Crippen molar-refractivity contribution >= 4 is 11.6 Å². The molecule has 0 unspecified atom stereocenters. The van der Waals surface area contributed by atoms with E-state index in [1.165, 1.54) is 0 Å². The maximum atomic E-state index is 12.0. The number of H-pyrrole nitrogens is 1. The van der Waals surface area contributed by atoms with E-state index in [4.69, 9.17) is 0 Å². The number of benzene rings is 1. The van der Waals surface area contributed by atoms with Gasteiger partial charge in [0.15, 0.2) is 0 Å². The Balaban J connectivity index is 2.03. The highest BCUT2D eigenvalue weighted by molar-refractivity contribution is 6.01. The number of aromatic amines is 1. The summed E-state index contributed by atoms with van der Waals surface area (Å²) >= 11 is 0. The minimum atomic E-state index is -0.304. The third kappa shape index (κ3) is 3.64. The van der Waals surface area contributed by atoms with Crippen LogP contribution in [0.4, 0.5) is 5.69 Å². The van der Waals surface area contributed by atoms with Gasteiger partial charge in [-0.1, -0.05) is 26.0 Å². The zero-order valence-corrected chi connectivity index (χ0v) is 11.7. The molecule has 2 aromatic rings. The first-order valence-corrected chi connectivity index (χ1v) is 6.75. The van der Waals surface area contributed by atoms with Crippen LogP contribution in [0.25, 0.3) is 0 Å². The molecule has 0 bridgehead atoms. The van der Waals surface area contributed by atoms with E-state index < -0.39 is 0 Å². The van der Waals surface area contributed by atoms with Gasteiger partial charge in [0.25, 0.3) is 5.91 Å². The number of aryl methyl sites for hydroxylation is 1. The summed E-state index contributed by atoms with van der Waals surface area (Å²) in [6.45, 7) is 5.70. The molecule has 20 heavy (non-hydrogen) atoms. The van der Waals surface area contributed by atoms with Crippen molar-refractivity contribution in [2.75, 3.05) is 11.9 Å². The van der Waals surface area contributed by atoms with E-state index in [2.05, 4.69) is 32.7 Å². The molecule has 1 aromatic heterocycles. The summed E-state index contributed by atoms with van der Waals surface area (Å²) in [5, 5.41) is 12.7. The Kier molecular flexibility index (Phi) is 4.84. The molecule has 6 heteroatoms. The lowest BCUT2D eigenvalue weighted by molar-refractivity contribution is 0.101. The third-order valence-corrected chi connectivity index (χ3v) is 2.83. The Hall–Kier alpha value is -2.21. The van der Waals surface area contributed by atoms with Crippen LogP contribution in [-0.2, 0) is 13.0 Å². The number of hydrogen-bond donors (Lipinski definition) is 3. The van der Waals surface area contributed by atoms with Gasteiger partial charge >= 0.3 is 0 Å². The van der Waals surface area contributed by atoms with Gasteiger partial charge in [-0.2, -0.15) is 0 Å². The van der Waals surface area contributed by atoms with Gasteiger partial charge in [0.1, 0.15) is 5.82 Å². The minimum absolute atomic E-state index is 0.166. The van der Waals surface area contributed by atoms with Crippen LogP contribution in [0, 0.1) is 0 Å². The van der Waals surface area contributed by atoms with Gasteiger partial charge in [-0.15, -0.1) is 5.10 Å². The highest BCUT2D eigenvalue weighted by Gasteiger charge is 2.12. The fourth-order valence-electron chi connectivity index (χ4n) is 1.77. The Bertz CT molecular complexity index is 578. The van der Waals surface area contributed by atoms with Gasteiger partial charge in [0, 0.05) is 18.7 Å². The number of amides is 1. The zero-order chi connectivity index (χ0) is 14.4. The molecule has 1 heterocycles. The van der Waals surface area contributed by atoms with Crippen LogP contribution in [0.2, 0.25) is 0 Å². The lowest BCUT2D eigenvalue weighted by Gasteiger charge is -2.06. The predicted molar refractivity (Wildman–Crippen MR) is 77.5 cm³/mol. The van der Waals surface area contributed by atoms with Crippen LogP contribution in [0.1, 0.15) is 35.9 Å². The summed E-state index contributed by atoms with van der Waals surface area (Å²) in [5.41, 5.74) is 1.86. The first-order chi connectivity index (χ1) is 9.72. The largest absolute Gasteiger partial charge is 0.319 e. The van der Waals surface area contributed by atoms with E-state index in [1.54, 1.807) is 0 Å². The molecule has 0 fully saturated rings. The molecule has 106 valence electrons. The van der Waals surface area contributed by atoms with Crippen molar-refractivity contribution in [2.24, 2.45) is 0 Å². The number of hydrogen-bond acceptors (Lipinski definition) is 4. The fraction of sp³-hybridized carbons (Fsp3) is 0.357. The average molecular weight is 273 g/mol. The van der Waals surface area contributed by atoms with E-state index in [0.29, 0.717) is 5.82 Å². The van der Waals surface area contributed by atoms with Crippen molar-refractivity contribution in [2.45, 2.75) is 26.8 Å². The van der Waals surface area contributed by atoms with Crippen LogP contribution in [0.5, 0.6) is 0 Å². The lowest BCUT2D eigenvalue weighted by atomic mass is 10.2. The van der Waals surface area contributed by atoms with Crippen molar-refractivity contribution in [1.29, 1.82) is 0 Å². The minimum Gasteiger partial charge on any atom is -0.319 e. The molecule has 1 amide bonds. The van der Waals surface area contributed by atoms with E-state index >= 15 is 0 Å². The summed E-state index contributed by atoms with van der Waals surface area (Å²) < 4.78 is 0. The number of nitrogens with one attached hydrogen (secondary N) is 3. The molecule has 0 saturated heterocycles. The normalized spacial score (nSPS) is 10.5. The molecule has 0 aliphatic rings. The van der Waals surface area contributed by atoms with Crippen LogP contribution in [-0.4, -0.2) is 27.6 Å². The molecule has 0 atom stereocenters. The molecule has 6 nitrogen and oxygen atoms in total. The summed E-state index contributed by atoms with van der Waals surface area (Å²) in [5.74, 6) is 0.566. The number of carbonyl (C=O) groups is 1. The van der Waals surface area contributed by atoms with Gasteiger partial charge in [0.05, 0.1) is 0 Å². The van der Waals surface area contributed by atoms with E-state index in [1.807, 2.05) is 31.2 Å². The summed E-state index contributed by atoms with van der Waals surface area (Å²) in [4.78, 5) is 16.1. The number of carbonyl (C=O) groups excluding carboxylic acids is 1. The molecule has 0 spiro atoms.